The largest absolute Gasteiger partial charge is 0.507 e. The van der Waals surface area contributed by atoms with Gasteiger partial charge in [0.25, 0.3) is 0 Å². The number of amides is 1. The zero-order chi connectivity index (χ0) is 28.1. The van der Waals surface area contributed by atoms with Crippen LogP contribution >= 0.6 is 23.1 Å². The van der Waals surface area contributed by atoms with Crippen molar-refractivity contribution in [1.82, 2.24) is 14.8 Å². The first-order valence-corrected chi connectivity index (χ1v) is 13.7. The summed E-state index contributed by atoms with van der Waals surface area (Å²) in [6.07, 6.45) is 0. The van der Waals surface area contributed by atoms with Crippen LogP contribution in [-0.2, 0) is 9.53 Å². The Bertz CT molecular complexity index is 1550. The van der Waals surface area contributed by atoms with Crippen LogP contribution < -0.4 is 10.1 Å². The van der Waals surface area contributed by atoms with E-state index < -0.39 is 11.9 Å². The number of anilines is 1. The number of ketones is 1. The van der Waals surface area contributed by atoms with Gasteiger partial charge in [-0.2, -0.15) is 0 Å². The molecule has 1 amide bonds. The Kier molecular flexibility index (Phi) is 8.67. The van der Waals surface area contributed by atoms with Crippen molar-refractivity contribution >= 4 is 45.8 Å². The highest BCUT2D eigenvalue weighted by atomic mass is 32.2. The van der Waals surface area contributed by atoms with Gasteiger partial charge in [-0.1, -0.05) is 36.0 Å². The third-order valence-electron chi connectivity index (χ3n) is 5.64. The normalized spacial score (nSPS) is 10.8. The predicted molar refractivity (Wildman–Crippen MR) is 149 cm³/mol. The number of carbonyl (C=O) groups is 3. The van der Waals surface area contributed by atoms with Crippen LogP contribution in [0.3, 0.4) is 0 Å². The molecule has 2 N–H and O–H groups in total. The number of phenolic OH excluding ortho intramolecular Hbond substituents is 1. The lowest BCUT2D eigenvalue weighted by Crippen LogP contribution is -2.17. The second-order valence-corrected chi connectivity index (χ2v) is 10.2. The third kappa shape index (κ3) is 5.81. The number of thiophene rings is 1. The fourth-order valence-corrected chi connectivity index (χ4v) is 5.76. The number of hydrogen-bond donors (Lipinski definition) is 2. The van der Waals surface area contributed by atoms with Gasteiger partial charge in [-0.05, 0) is 50.6 Å². The Balaban J connectivity index is 1.65. The Labute approximate surface area is 233 Å². The SMILES string of the molecule is CCOC(=O)c1c(NC(=O)CSc2nnc(-c3ccccc3O)n2-c2ccccc2OC)sc(C(C)=O)c1C. The number of nitrogens with zero attached hydrogens (tertiary/aromatic N) is 3. The Hall–Kier alpha value is -4.16. The van der Waals surface area contributed by atoms with E-state index >= 15 is 0 Å². The van der Waals surface area contributed by atoms with Crippen molar-refractivity contribution in [3.05, 3.63) is 64.5 Å². The topological polar surface area (TPSA) is 133 Å². The standard InChI is InChI=1S/C27H26N4O6S2/c1-5-37-26(35)22-15(2)23(16(3)32)39-25(22)28-21(34)14-38-27-30-29-24(17-10-6-8-12-19(17)33)31(27)18-11-7-9-13-20(18)36-4/h6-13,33H,5,14H2,1-4H3,(H,28,34). The van der Waals surface area contributed by atoms with Crippen LogP contribution in [0.4, 0.5) is 5.00 Å². The van der Waals surface area contributed by atoms with E-state index in [4.69, 9.17) is 9.47 Å². The van der Waals surface area contributed by atoms with Gasteiger partial charge < -0.3 is 19.9 Å². The van der Waals surface area contributed by atoms with E-state index in [1.807, 2.05) is 18.2 Å². The molecule has 0 aliphatic heterocycles. The van der Waals surface area contributed by atoms with Gasteiger partial charge in [-0.15, -0.1) is 21.5 Å². The van der Waals surface area contributed by atoms with E-state index in [2.05, 4.69) is 15.5 Å². The summed E-state index contributed by atoms with van der Waals surface area (Å²) in [5.74, 6) is -0.376. The van der Waals surface area contributed by atoms with Gasteiger partial charge >= 0.3 is 5.97 Å². The van der Waals surface area contributed by atoms with Crippen LogP contribution in [0.25, 0.3) is 17.1 Å². The first kappa shape index (κ1) is 27.9. The monoisotopic (exact) mass is 566 g/mol. The zero-order valence-corrected chi connectivity index (χ0v) is 23.3. The molecule has 0 unspecified atom stereocenters. The van der Waals surface area contributed by atoms with Crippen LogP contribution in [0, 0.1) is 6.92 Å². The van der Waals surface area contributed by atoms with Gasteiger partial charge in [0.2, 0.25) is 5.91 Å². The molecule has 4 aromatic rings. The molecule has 2 heterocycles. The van der Waals surface area contributed by atoms with Crippen LogP contribution in [0.2, 0.25) is 0 Å². The molecule has 0 aliphatic carbocycles. The maximum atomic E-state index is 13.0. The number of ether oxygens (including phenoxy) is 2. The third-order valence-corrected chi connectivity index (χ3v) is 7.87. The molecule has 2 aromatic carbocycles. The van der Waals surface area contributed by atoms with Crippen molar-refractivity contribution in [2.45, 2.75) is 25.9 Å². The number of para-hydroxylation sites is 3. The van der Waals surface area contributed by atoms with Crippen molar-refractivity contribution in [1.29, 1.82) is 0 Å². The first-order valence-electron chi connectivity index (χ1n) is 11.9. The first-order chi connectivity index (χ1) is 18.8. The number of nitrogens with one attached hydrogen (secondary N) is 1. The van der Waals surface area contributed by atoms with Gasteiger partial charge in [0.1, 0.15) is 16.5 Å². The molecule has 0 spiro atoms. The summed E-state index contributed by atoms with van der Waals surface area (Å²) in [4.78, 5) is 38.0. The molecule has 0 aliphatic rings. The highest BCUT2D eigenvalue weighted by Gasteiger charge is 2.26. The lowest BCUT2D eigenvalue weighted by molar-refractivity contribution is -0.113. The molecule has 39 heavy (non-hydrogen) atoms. The zero-order valence-electron chi connectivity index (χ0n) is 21.7. The summed E-state index contributed by atoms with van der Waals surface area (Å²) in [5, 5.41) is 22.5. The van der Waals surface area contributed by atoms with Crippen molar-refractivity contribution in [3.63, 3.8) is 0 Å². The summed E-state index contributed by atoms with van der Waals surface area (Å²) < 4.78 is 12.4. The van der Waals surface area contributed by atoms with E-state index in [0.717, 1.165) is 23.1 Å². The van der Waals surface area contributed by atoms with Crippen molar-refractivity contribution in [2.24, 2.45) is 0 Å². The molecule has 0 saturated heterocycles. The van der Waals surface area contributed by atoms with Crippen LogP contribution in [-0.4, -0.2) is 57.0 Å². The van der Waals surface area contributed by atoms with E-state index in [-0.39, 0.29) is 34.5 Å². The number of phenols is 1. The van der Waals surface area contributed by atoms with Gasteiger partial charge in [0.15, 0.2) is 16.8 Å². The van der Waals surface area contributed by atoms with Crippen molar-refractivity contribution in [3.8, 4) is 28.6 Å². The minimum atomic E-state index is -0.607. The number of aromatic hydroxyl groups is 1. The molecule has 2 aromatic heterocycles. The summed E-state index contributed by atoms with van der Waals surface area (Å²) in [6.45, 7) is 4.90. The number of hydrogen-bond acceptors (Lipinski definition) is 10. The van der Waals surface area contributed by atoms with Gasteiger partial charge in [-0.3, -0.25) is 14.2 Å². The number of benzene rings is 2. The maximum Gasteiger partial charge on any atom is 0.341 e. The predicted octanol–water partition coefficient (Wildman–Crippen LogP) is 5.13. The van der Waals surface area contributed by atoms with E-state index in [1.165, 1.54) is 6.92 Å². The van der Waals surface area contributed by atoms with E-state index in [0.29, 0.717) is 38.4 Å². The maximum absolute atomic E-state index is 13.0. The van der Waals surface area contributed by atoms with Crippen LogP contribution in [0.1, 0.15) is 39.4 Å². The van der Waals surface area contributed by atoms with E-state index in [1.54, 1.807) is 55.9 Å². The van der Waals surface area contributed by atoms with Gasteiger partial charge in [-0.25, -0.2) is 4.79 Å². The molecule has 0 saturated carbocycles. The van der Waals surface area contributed by atoms with Gasteiger partial charge in [0.05, 0.1) is 41.2 Å². The summed E-state index contributed by atoms with van der Waals surface area (Å²) >= 11 is 2.15. The molecular weight excluding hydrogens is 540 g/mol. The van der Waals surface area contributed by atoms with Crippen molar-refractivity contribution in [2.75, 3.05) is 24.8 Å². The molecule has 0 atom stereocenters. The number of rotatable bonds is 10. The lowest BCUT2D eigenvalue weighted by Gasteiger charge is -2.14. The second-order valence-electron chi connectivity index (χ2n) is 8.20. The Morgan fingerprint density at radius 2 is 1.82 bits per heavy atom. The molecule has 0 bridgehead atoms. The van der Waals surface area contributed by atoms with Crippen LogP contribution in [0.5, 0.6) is 11.5 Å². The smallest absolute Gasteiger partial charge is 0.341 e. The fraction of sp³-hybridized carbons (Fsp3) is 0.222. The Morgan fingerprint density at radius 1 is 1.10 bits per heavy atom. The molecular formula is C27H26N4O6S2. The molecule has 12 heteroatoms. The minimum absolute atomic E-state index is 0.0242. The summed E-state index contributed by atoms with van der Waals surface area (Å²) in [7, 11) is 1.54. The average Bonchev–Trinajstić information content (AvgIpc) is 3.48. The number of esters is 1. The second kappa shape index (κ2) is 12.1. The fourth-order valence-electron chi connectivity index (χ4n) is 3.91. The van der Waals surface area contributed by atoms with Crippen LogP contribution in [0.15, 0.2) is 53.7 Å². The average molecular weight is 567 g/mol. The lowest BCUT2D eigenvalue weighted by atomic mass is 10.1. The van der Waals surface area contributed by atoms with Crippen molar-refractivity contribution < 1.29 is 29.0 Å². The summed E-state index contributed by atoms with van der Waals surface area (Å²) in [5.41, 5.74) is 1.72. The molecule has 10 nitrogen and oxygen atoms in total. The number of methoxy groups -OCH3 is 1. The van der Waals surface area contributed by atoms with Gasteiger partial charge in [0, 0.05) is 0 Å². The molecule has 4 rings (SSSR count). The highest BCUT2D eigenvalue weighted by Crippen LogP contribution is 2.37. The molecule has 0 radical (unpaired) electrons. The highest BCUT2D eigenvalue weighted by molar-refractivity contribution is 7.99. The summed E-state index contributed by atoms with van der Waals surface area (Å²) in [6, 6.07) is 14.0. The molecule has 202 valence electrons. The quantitative estimate of drug-likeness (QED) is 0.152. The molecule has 0 fully saturated rings. The Morgan fingerprint density at radius 3 is 2.51 bits per heavy atom. The number of thioether (sulfide) groups is 1. The number of carbonyl (C=O) groups excluding carboxylic acids is 3. The number of Topliss-reactive ketones (excluding diaryl/α,β-unsaturated/α-hetero) is 1. The minimum Gasteiger partial charge on any atom is -0.507 e. The van der Waals surface area contributed by atoms with E-state index in [9.17, 15) is 19.5 Å². The number of aromatic nitrogens is 3.